The first-order chi connectivity index (χ1) is 11.1. The summed E-state index contributed by atoms with van der Waals surface area (Å²) in [6, 6.07) is 5.63. The van der Waals surface area contributed by atoms with Gasteiger partial charge in [-0.2, -0.15) is 0 Å². The van der Waals surface area contributed by atoms with Gasteiger partial charge in [0.15, 0.2) is 0 Å². The van der Waals surface area contributed by atoms with Crippen molar-refractivity contribution < 1.29 is 9.18 Å². The van der Waals surface area contributed by atoms with Gasteiger partial charge in [-0.15, -0.1) is 5.10 Å². The van der Waals surface area contributed by atoms with Crippen molar-refractivity contribution in [3.8, 4) is 0 Å². The Morgan fingerprint density at radius 3 is 2.96 bits per heavy atom. The molecule has 0 aliphatic carbocycles. The maximum atomic E-state index is 13.4. The van der Waals surface area contributed by atoms with Crippen LogP contribution in [0.1, 0.15) is 17.4 Å². The molecule has 2 N–H and O–H groups in total. The zero-order valence-electron chi connectivity index (χ0n) is 12.9. The van der Waals surface area contributed by atoms with Gasteiger partial charge in [0, 0.05) is 32.0 Å². The van der Waals surface area contributed by atoms with Gasteiger partial charge in [-0.25, -0.2) is 9.07 Å². The molecule has 0 saturated carbocycles. The summed E-state index contributed by atoms with van der Waals surface area (Å²) < 4.78 is 14.9. The minimum Gasteiger partial charge on any atom is -0.354 e. The minimum atomic E-state index is -0.597. The van der Waals surface area contributed by atoms with E-state index in [-0.39, 0.29) is 11.7 Å². The van der Waals surface area contributed by atoms with E-state index in [1.165, 1.54) is 16.8 Å². The highest BCUT2D eigenvalue weighted by Crippen LogP contribution is 2.16. The predicted octanol–water partition coefficient (Wildman–Crippen LogP) is 0.240. The van der Waals surface area contributed by atoms with Crippen LogP contribution in [0, 0.1) is 18.7 Å². The molecule has 0 radical (unpaired) electrons. The van der Waals surface area contributed by atoms with Crippen LogP contribution in [0.25, 0.3) is 0 Å². The van der Waals surface area contributed by atoms with E-state index in [1.54, 1.807) is 19.1 Å². The molecule has 23 heavy (non-hydrogen) atoms. The smallest absolute Gasteiger partial charge is 0.245 e. The molecule has 1 aromatic carbocycles. The second-order valence-electron chi connectivity index (χ2n) is 5.79. The van der Waals surface area contributed by atoms with Gasteiger partial charge in [-0.05, 0) is 35.0 Å². The molecular formula is C15H19FN6O. The molecule has 0 bridgehead atoms. The Morgan fingerprint density at radius 1 is 1.52 bits per heavy atom. The van der Waals surface area contributed by atoms with E-state index in [2.05, 4.69) is 26.2 Å². The second-order valence-corrected chi connectivity index (χ2v) is 5.79. The summed E-state index contributed by atoms with van der Waals surface area (Å²) in [5, 5.41) is 17.5. The van der Waals surface area contributed by atoms with Crippen molar-refractivity contribution in [3.63, 3.8) is 0 Å². The summed E-state index contributed by atoms with van der Waals surface area (Å²) >= 11 is 0. The highest BCUT2D eigenvalue weighted by molar-refractivity contribution is 5.80. The number of rotatable bonds is 6. The fraction of sp³-hybridized carbons (Fsp3) is 0.467. The molecule has 8 heteroatoms. The van der Waals surface area contributed by atoms with Gasteiger partial charge in [-0.1, -0.05) is 12.1 Å². The molecule has 1 aliphatic rings. The number of tetrazole rings is 1. The molecule has 122 valence electrons. The van der Waals surface area contributed by atoms with Crippen molar-refractivity contribution in [1.82, 2.24) is 30.8 Å². The van der Waals surface area contributed by atoms with Crippen LogP contribution in [0.4, 0.5) is 4.39 Å². The second kappa shape index (κ2) is 6.82. The zero-order chi connectivity index (χ0) is 16.2. The van der Waals surface area contributed by atoms with Crippen molar-refractivity contribution in [1.29, 1.82) is 0 Å². The molecular weight excluding hydrogens is 299 g/mol. The summed E-state index contributed by atoms with van der Waals surface area (Å²) in [4.78, 5) is 12.6. The largest absolute Gasteiger partial charge is 0.354 e. The fourth-order valence-corrected chi connectivity index (χ4v) is 2.56. The first kappa shape index (κ1) is 15.5. The first-order valence-corrected chi connectivity index (χ1v) is 7.61. The average Bonchev–Trinajstić information content (AvgIpc) is 2.89. The first-order valence-electron chi connectivity index (χ1n) is 7.61. The monoisotopic (exact) mass is 318 g/mol. The quantitative estimate of drug-likeness (QED) is 0.797. The summed E-state index contributed by atoms with van der Waals surface area (Å²) in [6.07, 6.45) is 0.332. The van der Waals surface area contributed by atoms with Gasteiger partial charge in [0.05, 0.1) is 0 Å². The highest BCUT2D eigenvalue weighted by atomic mass is 19.1. The van der Waals surface area contributed by atoms with Crippen LogP contribution in [0.15, 0.2) is 24.3 Å². The van der Waals surface area contributed by atoms with Gasteiger partial charge in [-0.3, -0.25) is 4.79 Å². The van der Waals surface area contributed by atoms with Gasteiger partial charge < -0.3 is 10.6 Å². The molecule has 1 atom stereocenters. The number of nitrogens with one attached hydrogen (secondary N) is 2. The Bertz CT molecular complexity index is 684. The number of carbonyl (C=O) groups excluding carboxylic acids is 1. The third-order valence-corrected chi connectivity index (χ3v) is 4.00. The van der Waals surface area contributed by atoms with Crippen LogP contribution in [-0.4, -0.2) is 45.7 Å². The van der Waals surface area contributed by atoms with Crippen molar-refractivity contribution in [2.24, 2.45) is 5.92 Å². The maximum Gasteiger partial charge on any atom is 0.245 e. The van der Waals surface area contributed by atoms with E-state index in [0.29, 0.717) is 24.7 Å². The Kier molecular flexibility index (Phi) is 4.61. The van der Waals surface area contributed by atoms with E-state index >= 15 is 0 Å². The third-order valence-electron chi connectivity index (χ3n) is 4.00. The molecule has 1 fully saturated rings. The van der Waals surface area contributed by atoms with Crippen LogP contribution in [0.3, 0.4) is 0 Å². The molecule has 7 nitrogen and oxygen atoms in total. The maximum absolute atomic E-state index is 13.4. The van der Waals surface area contributed by atoms with E-state index in [1.807, 2.05) is 0 Å². The number of benzene rings is 1. The van der Waals surface area contributed by atoms with E-state index in [9.17, 15) is 9.18 Å². The SMILES string of the molecule is Cc1nnnn1C(Cc1cccc(F)c1)C(=O)NCC1CNC1. The topological polar surface area (TPSA) is 84.7 Å². The van der Waals surface area contributed by atoms with Gasteiger partial charge in [0.25, 0.3) is 0 Å². The number of hydrogen-bond donors (Lipinski definition) is 2. The molecule has 2 aromatic rings. The molecule has 1 aromatic heterocycles. The zero-order valence-corrected chi connectivity index (χ0v) is 12.9. The van der Waals surface area contributed by atoms with E-state index < -0.39 is 6.04 Å². The van der Waals surface area contributed by atoms with Crippen LogP contribution in [-0.2, 0) is 11.2 Å². The number of aromatic nitrogens is 4. The Hall–Kier alpha value is -2.35. The average molecular weight is 318 g/mol. The lowest BCUT2D eigenvalue weighted by atomic mass is 10.0. The van der Waals surface area contributed by atoms with Crippen LogP contribution in [0.2, 0.25) is 0 Å². The lowest BCUT2D eigenvalue weighted by molar-refractivity contribution is -0.125. The van der Waals surface area contributed by atoms with Gasteiger partial charge in [0.2, 0.25) is 5.91 Å². The van der Waals surface area contributed by atoms with Crippen molar-refractivity contribution >= 4 is 5.91 Å². The number of hydrogen-bond acceptors (Lipinski definition) is 5. The summed E-state index contributed by atoms with van der Waals surface area (Å²) in [7, 11) is 0. The van der Waals surface area contributed by atoms with Crippen molar-refractivity contribution in [2.45, 2.75) is 19.4 Å². The van der Waals surface area contributed by atoms with Gasteiger partial charge >= 0.3 is 0 Å². The number of carbonyl (C=O) groups is 1. The summed E-state index contributed by atoms with van der Waals surface area (Å²) in [5.74, 6) is 0.530. The summed E-state index contributed by atoms with van der Waals surface area (Å²) in [6.45, 7) is 4.19. The van der Waals surface area contributed by atoms with Crippen molar-refractivity contribution in [2.75, 3.05) is 19.6 Å². The standard InChI is InChI=1S/C15H19FN6O/c1-10-19-20-21-22(10)14(6-11-3-2-4-13(16)5-11)15(23)18-9-12-7-17-8-12/h2-5,12,14,17H,6-9H2,1H3,(H,18,23). The number of amides is 1. The Morgan fingerprint density at radius 2 is 2.35 bits per heavy atom. The number of halogens is 1. The minimum absolute atomic E-state index is 0.156. The Labute approximate surface area is 133 Å². The fourth-order valence-electron chi connectivity index (χ4n) is 2.56. The van der Waals surface area contributed by atoms with E-state index in [4.69, 9.17) is 0 Å². The van der Waals surface area contributed by atoms with Crippen LogP contribution in [0.5, 0.6) is 0 Å². The molecule has 1 aliphatic heterocycles. The van der Waals surface area contributed by atoms with Crippen LogP contribution < -0.4 is 10.6 Å². The molecule has 3 rings (SSSR count). The Balaban J connectivity index is 1.75. The summed E-state index contributed by atoms with van der Waals surface area (Å²) in [5.41, 5.74) is 0.727. The molecule has 0 spiro atoms. The normalized spacial score (nSPS) is 15.9. The van der Waals surface area contributed by atoms with E-state index in [0.717, 1.165) is 18.7 Å². The molecule has 1 saturated heterocycles. The predicted molar refractivity (Wildman–Crippen MR) is 81.1 cm³/mol. The number of aryl methyl sites for hydroxylation is 1. The lowest BCUT2D eigenvalue weighted by Crippen LogP contribution is -2.49. The van der Waals surface area contributed by atoms with Gasteiger partial charge in [0.1, 0.15) is 17.7 Å². The molecule has 1 amide bonds. The highest BCUT2D eigenvalue weighted by Gasteiger charge is 2.26. The van der Waals surface area contributed by atoms with Crippen molar-refractivity contribution in [3.05, 3.63) is 41.5 Å². The van der Waals surface area contributed by atoms with Crippen LogP contribution >= 0.6 is 0 Å². The lowest BCUT2D eigenvalue weighted by Gasteiger charge is -2.28. The third kappa shape index (κ3) is 3.70. The number of nitrogens with zero attached hydrogens (tertiary/aromatic N) is 4. The molecule has 1 unspecified atom stereocenters. The molecule has 2 heterocycles.